The molecule has 1 aliphatic heterocycles. The van der Waals surface area contributed by atoms with Crippen LogP contribution in [0.3, 0.4) is 0 Å². The molecule has 5 nitrogen and oxygen atoms in total. The molecule has 1 fully saturated rings. The predicted octanol–water partition coefficient (Wildman–Crippen LogP) is 2.20. The van der Waals surface area contributed by atoms with Crippen LogP contribution in [-0.2, 0) is 4.79 Å². The van der Waals surface area contributed by atoms with Crippen molar-refractivity contribution in [3.8, 4) is 5.88 Å². The van der Waals surface area contributed by atoms with Gasteiger partial charge in [0.15, 0.2) is 0 Å². The van der Waals surface area contributed by atoms with Gasteiger partial charge in [-0.3, -0.25) is 4.79 Å². The molecule has 0 atom stereocenters. The van der Waals surface area contributed by atoms with Gasteiger partial charge in [0.1, 0.15) is 6.10 Å². The molecule has 0 aliphatic carbocycles. The molecule has 1 aromatic rings. The van der Waals surface area contributed by atoms with E-state index >= 15 is 0 Å². The summed E-state index contributed by atoms with van der Waals surface area (Å²) in [7, 11) is 0. The van der Waals surface area contributed by atoms with Gasteiger partial charge >= 0.3 is 0 Å². The van der Waals surface area contributed by atoms with Crippen LogP contribution in [0.2, 0.25) is 0 Å². The molecule has 0 radical (unpaired) electrons. The minimum Gasteiger partial charge on any atom is -0.473 e. The molecule has 5 heteroatoms. The highest BCUT2D eigenvalue weighted by molar-refractivity contribution is 5.76. The number of aromatic nitrogens is 2. The van der Waals surface area contributed by atoms with Gasteiger partial charge in [-0.2, -0.15) is 5.10 Å². The predicted molar refractivity (Wildman–Crippen MR) is 76.5 cm³/mol. The molecule has 1 saturated heterocycles. The maximum Gasteiger partial charge on any atom is 0.233 e. The van der Waals surface area contributed by atoms with Gasteiger partial charge in [0.2, 0.25) is 11.8 Å². The molecule has 0 unspecified atom stereocenters. The number of carbonyl (C=O) groups excluding carboxylic acids is 1. The molecule has 2 rings (SSSR count). The first kappa shape index (κ1) is 14.8. The van der Waals surface area contributed by atoms with E-state index < -0.39 is 0 Å². The van der Waals surface area contributed by atoms with Gasteiger partial charge in [-0.25, -0.2) is 0 Å². The Bertz CT molecular complexity index is 437. The second-order valence-corrected chi connectivity index (χ2v) is 5.81. The molecule has 0 spiro atoms. The maximum atomic E-state index is 12.0. The Morgan fingerprint density at radius 3 is 2.60 bits per heavy atom. The van der Waals surface area contributed by atoms with Crippen LogP contribution in [0, 0.1) is 12.8 Å². The average molecular weight is 277 g/mol. The van der Waals surface area contributed by atoms with E-state index in [2.05, 4.69) is 24.0 Å². The molecule has 0 aromatic carbocycles. The smallest absolute Gasteiger partial charge is 0.233 e. The minimum absolute atomic E-state index is 0.134. The molecule has 1 amide bonds. The first-order chi connectivity index (χ1) is 9.54. The van der Waals surface area contributed by atoms with Gasteiger partial charge in [-0.15, -0.1) is 5.10 Å². The summed E-state index contributed by atoms with van der Waals surface area (Å²) in [6.45, 7) is 7.59. The summed E-state index contributed by atoms with van der Waals surface area (Å²) in [5.41, 5.74) is 0.881. The number of hydrogen-bond donors (Lipinski definition) is 0. The lowest BCUT2D eigenvalue weighted by molar-refractivity contribution is -0.133. The number of ether oxygens (including phenoxy) is 1. The largest absolute Gasteiger partial charge is 0.473 e. The summed E-state index contributed by atoms with van der Waals surface area (Å²) in [4.78, 5) is 13.9. The van der Waals surface area contributed by atoms with E-state index in [0.29, 0.717) is 18.2 Å². The van der Waals surface area contributed by atoms with Crippen LogP contribution in [-0.4, -0.2) is 40.2 Å². The van der Waals surface area contributed by atoms with Crippen molar-refractivity contribution in [2.24, 2.45) is 5.92 Å². The highest BCUT2D eigenvalue weighted by Gasteiger charge is 2.24. The molecule has 0 N–H and O–H groups in total. The summed E-state index contributed by atoms with van der Waals surface area (Å²) < 4.78 is 5.81. The highest BCUT2D eigenvalue weighted by Crippen LogP contribution is 2.18. The van der Waals surface area contributed by atoms with Crippen molar-refractivity contribution >= 4 is 5.91 Å². The maximum absolute atomic E-state index is 12.0. The summed E-state index contributed by atoms with van der Waals surface area (Å²) in [6.07, 6.45) is 2.49. The number of nitrogens with zero attached hydrogens (tertiary/aromatic N) is 3. The standard InChI is InChI=1S/C15H23N3O2/c1-11(2)10-15(19)18-8-6-13(7-9-18)20-14-5-4-12(3)16-17-14/h4-5,11,13H,6-10H2,1-3H3. The van der Waals surface area contributed by atoms with Crippen LogP contribution in [0.1, 0.15) is 38.8 Å². The number of amides is 1. The Morgan fingerprint density at radius 1 is 1.35 bits per heavy atom. The van der Waals surface area contributed by atoms with Gasteiger partial charge in [0.05, 0.1) is 5.69 Å². The normalized spacial score (nSPS) is 16.5. The van der Waals surface area contributed by atoms with E-state index in [4.69, 9.17) is 4.74 Å². The van der Waals surface area contributed by atoms with E-state index in [-0.39, 0.29) is 12.0 Å². The van der Waals surface area contributed by atoms with E-state index in [1.165, 1.54) is 0 Å². The molecule has 1 aliphatic rings. The minimum atomic E-state index is 0.134. The van der Waals surface area contributed by atoms with Crippen LogP contribution in [0.25, 0.3) is 0 Å². The fourth-order valence-corrected chi connectivity index (χ4v) is 2.32. The van der Waals surface area contributed by atoms with Crippen LogP contribution >= 0.6 is 0 Å². The molecular formula is C15H23N3O2. The number of likely N-dealkylation sites (tertiary alicyclic amines) is 1. The molecule has 110 valence electrons. The second-order valence-electron chi connectivity index (χ2n) is 5.81. The van der Waals surface area contributed by atoms with Gasteiger partial charge in [-0.05, 0) is 18.9 Å². The zero-order valence-electron chi connectivity index (χ0n) is 12.5. The third-order valence-corrected chi connectivity index (χ3v) is 3.44. The summed E-state index contributed by atoms with van der Waals surface area (Å²) in [5.74, 6) is 1.25. The van der Waals surface area contributed by atoms with Crippen LogP contribution in [0.5, 0.6) is 5.88 Å². The summed E-state index contributed by atoms with van der Waals surface area (Å²) in [6, 6.07) is 3.74. The zero-order valence-corrected chi connectivity index (χ0v) is 12.5. The third kappa shape index (κ3) is 4.18. The number of rotatable bonds is 4. The number of piperidine rings is 1. The topological polar surface area (TPSA) is 55.3 Å². The lowest BCUT2D eigenvalue weighted by Gasteiger charge is -2.32. The molecule has 1 aromatic heterocycles. The lowest BCUT2D eigenvalue weighted by Crippen LogP contribution is -2.42. The summed E-state index contributed by atoms with van der Waals surface area (Å²) >= 11 is 0. The highest BCUT2D eigenvalue weighted by atomic mass is 16.5. The van der Waals surface area contributed by atoms with Crippen molar-refractivity contribution in [3.63, 3.8) is 0 Å². The van der Waals surface area contributed by atoms with Gasteiger partial charge in [0.25, 0.3) is 0 Å². The van der Waals surface area contributed by atoms with E-state index in [0.717, 1.165) is 31.6 Å². The second kappa shape index (κ2) is 6.68. The monoisotopic (exact) mass is 277 g/mol. The van der Waals surface area contributed by atoms with Gasteiger partial charge in [0, 0.05) is 38.4 Å². The number of carbonyl (C=O) groups is 1. The lowest BCUT2D eigenvalue weighted by atomic mass is 10.1. The molecule has 2 heterocycles. The van der Waals surface area contributed by atoms with Crippen LogP contribution in [0.4, 0.5) is 0 Å². The fraction of sp³-hybridized carbons (Fsp3) is 0.667. The van der Waals surface area contributed by atoms with Crippen molar-refractivity contribution in [2.75, 3.05) is 13.1 Å². The van der Waals surface area contributed by atoms with E-state index in [1.807, 2.05) is 24.0 Å². The first-order valence-electron chi connectivity index (χ1n) is 7.29. The Balaban J connectivity index is 1.79. The average Bonchev–Trinajstić information content (AvgIpc) is 2.41. The quantitative estimate of drug-likeness (QED) is 0.846. The van der Waals surface area contributed by atoms with Crippen LogP contribution < -0.4 is 4.74 Å². The van der Waals surface area contributed by atoms with Crippen molar-refractivity contribution in [1.82, 2.24) is 15.1 Å². The number of hydrogen-bond acceptors (Lipinski definition) is 4. The Hall–Kier alpha value is -1.65. The molecule has 0 saturated carbocycles. The van der Waals surface area contributed by atoms with E-state index in [1.54, 1.807) is 0 Å². The van der Waals surface area contributed by atoms with Crippen molar-refractivity contribution in [3.05, 3.63) is 17.8 Å². The van der Waals surface area contributed by atoms with Gasteiger partial charge < -0.3 is 9.64 Å². The first-order valence-corrected chi connectivity index (χ1v) is 7.29. The molecule has 20 heavy (non-hydrogen) atoms. The Morgan fingerprint density at radius 2 is 2.05 bits per heavy atom. The summed E-state index contributed by atoms with van der Waals surface area (Å²) in [5, 5.41) is 7.99. The van der Waals surface area contributed by atoms with E-state index in [9.17, 15) is 4.79 Å². The molecule has 0 bridgehead atoms. The van der Waals surface area contributed by atoms with Gasteiger partial charge in [-0.1, -0.05) is 13.8 Å². The van der Waals surface area contributed by atoms with Crippen molar-refractivity contribution in [2.45, 2.75) is 46.1 Å². The Kier molecular flexibility index (Phi) is 4.93. The number of aryl methyl sites for hydroxylation is 1. The van der Waals surface area contributed by atoms with Crippen LogP contribution in [0.15, 0.2) is 12.1 Å². The van der Waals surface area contributed by atoms with Crippen molar-refractivity contribution < 1.29 is 9.53 Å². The Labute approximate surface area is 120 Å². The third-order valence-electron chi connectivity index (χ3n) is 3.44. The van der Waals surface area contributed by atoms with Crippen molar-refractivity contribution in [1.29, 1.82) is 0 Å². The SMILES string of the molecule is Cc1ccc(OC2CCN(C(=O)CC(C)C)CC2)nn1. The zero-order chi connectivity index (χ0) is 14.5. The fourth-order valence-electron chi connectivity index (χ4n) is 2.32. The molecular weight excluding hydrogens is 254 g/mol.